The molecule has 6 nitrogen and oxygen atoms in total. The maximum atomic E-state index is 13.2. The van der Waals surface area contributed by atoms with Gasteiger partial charge in [0.2, 0.25) is 10.0 Å². The lowest BCUT2D eigenvalue weighted by atomic mass is 10.2. The Bertz CT molecular complexity index is 1100. The van der Waals surface area contributed by atoms with E-state index >= 15 is 0 Å². The number of alkyl halides is 3. The molecule has 0 heterocycles. The number of halogens is 4. The molecule has 2 aromatic carbocycles. The summed E-state index contributed by atoms with van der Waals surface area (Å²) >= 11 is 5.98. The molecule has 0 aliphatic heterocycles. The predicted molar refractivity (Wildman–Crippen MR) is 104 cm³/mol. The molecule has 0 atom stereocenters. The molecule has 2 rings (SSSR count). The second-order valence-corrected chi connectivity index (χ2v) is 9.80. The van der Waals surface area contributed by atoms with E-state index in [0.717, 1.165) is 40.7 Å². The Morgan fingerprint density at radius 2 is 1.55 bits per heavy atom. The Hall–Kier alpha value is -1.82. The minimum absolute atomic E-state index is 0.143. The highest BCUT2D eigenvalue weighted by atomic mass is 35.5. The summed E-state index contributed by atoms with van der Waals surface area (Å²) in [5.74, 6) is 0. The van der Waals surface area contributed by atoms with Gasteiger partial charge in [0.1, 0.15) is 4.90 Å². The molecule has 0 saturated carbocycles. The van der Waals surface area contributed by atoms with Crippen LogP contribution in [0.15, 0.2) is 52.3 Å². The molecule has 0 spiro atoms. The van der Waals surface area contributed by atoms with Crippen LogP contribution in [0.3, 0.4) is 0 Å². The van der Waals surface area contributed by atoms with Crippen molar-refractivity contribution in [3.05, 3.63) is 53.1 Å². The third-order valence-electron chi connectivity index (χ3n) is 3.99. The molecule has 160 valence electrons. The van der Waals surface area contributed by atoms with Crippen LogP contribution in [0.25, 0.3) is 0 Å². The first-order valence-electron chi connectivity index (χ1n) is 8.33. The van der Waals surface area contributed by atoms with Gasteiger partial charge in [0.05, 0.1) is 21.2 Å². The molecule has 0 aliphatic rings. The molecule has 0 bridgehead atoms. The van der Waals surface area contributed by atoms with Gasteiger partial charge in [0, 0.05) is 13.1 Å². The Kier molecular flexibility index (Phi) is 6.88. The van der Waals surface area contributed by atoms with Crippen LogP contribution in [0.1, 0.15) is 19.4 Å². The van der Waals surface area contributed by atoms with E-state index in [4.69, 9.17) is 11.6 Å². The average Bonchev–Trinajstić information content (AvgIpc) is 2.63. The number of hydrogen-bond acceptors (Lipinski definition) is 4. The summed E-state index contributed by atoms with van der Waals surface area (Å²) in [5, 5.41) is -0.143. The van der Waals surface area contributed by atoms with E-state index in [0.29, 0.717) is 6.07 Å². The van der Waals surface area contributed by atoms with Crippen molar-refractivity contribution < 1.29 is 30.0 Å². The van der Waals surface area contributed by atoms with Gasteiger partial charge in [0.15, 0.2) is 0 Å². The summed E-state index contributed by atoms with van der Waals surface area (Å²) in [6, 6.07) is 6.98. The molecule has 0 saturated heterocycles. The minimum atomic E-state index is -4.89. The van der Waals surface area contributed by atoms with E-state index in [-0.39, 0.29) is 28.7 Å². The van der Waals surface area contributed by atoms with Gasteiger partial charge >= 0.3 is 6.18 Å². The fourth-order valence-corrected chi connectivity index (χ4v) is 5.85. The highest BCUT2D eigenvalue weighted by Gasteiger charge is 2.37. The standard InChI is InChI=1S/C17H18ClF3N2O4S2/c1-3-23(4-2)29(26,27)16-11-12(9-10-14(16)18)22-28(24,25)15-8-6-5-7-13(15)17(19,20)21/h5-11,22H,3-4H2,1-2H3. The molecule has 0 radical (unpaired) electrons. The SMILES string of the molecule is CCN(CC)S(=O)(=O)c1cc(NS(=O)(=O)c2ccccc2C(F)(F)F)ccc1Cl. The molecule has 0 unspecified atom stereocenters. The molecule has 1 N–H and O–H groups in total. The Labute approximate surface area is 172 Å². The quantitative estimate of drug-likeness (QED) is 0.657. The van der Waals surface area contributed by atoms with E-state index < -0.39 is 36.7 Å². The lowest BCUT2D eigenvalue weighted by Crippen LogP contribution is -2.31. The number of rotatable bonds is 7. The van der Waals surface area contributed by atoms with Crippen LogP contribution in [-0.2, 0) is 26.2 Å². The Morgan fingerprint density at radius 1 is 0.966 bits per heavy atom. The molecule has 12 heteroatoms. The van der Waals surface area contributed by atoms with Crippen molar-refractivity contribution >= 4 is 37.3 Å². The van der Waals surface area contributed by atoms with Crippen molar-refractivity contribution in [1.29, 1.82) is 0 Å². The molecule has 0 aliphatic carbocycles. The summed E-state index contributed by atoms with van der Waals surface area (Å²) in [6.07, 6.45) is -4.89. The van der Waals surface area contributed by atoms with Crippen LogP contribution in [-0.4, -0.2) is 34.2 Å². The largest absolute Gasteiger partial charge is 0.417 e. The number of anilines is 1. The molecule has 0 fully saturated rings. The zero-order valence-electron chi connectivity index (χ0n) is 15.4. The van der Waals surface area contributed by atoms with Crippen molar-refractivity contribution in [1.82, 2.24) is 4.31 Å². The Balaban J connectivity index is 2.52. The molecule has 0 aromatic heterocycles. The first-order valence-corrected chi connectivity index (χ1v) is 11.6. The van der Waals surface area contributed by atoms with E-state index in [1.807, 2.05) is 4.72 Å². The van der Waals surface area contributed by atoms with E-state index in [1.54, 1.807) is 13.8 Å². The van der Waals surface area contributed by atoms with Gasteiger partial charge in [-0.3, -0.25) is 4.72 Å². The summed E-state index contributed by atoms with van der Waals surface area (Å²) < 4.78 is 93.1. The Morgan fingerprint density at radius 3 is 2.10 bits per heavy atom. The van der Waals surface area contributed by atoms with Crippen molar-refractivity contribution in [2.24, 2.45) is 0 Å². The second kappa shape index (κ2) is 8.50. The lowest BCUT2D eigenvalue weighted by Gasteiger charge is -2.20. The maximum absolute atomic E-state index is 13.2. The van der Waals surface area contributed by atoms with Crippen LogP contribution < -0.4 is 4.72 Å². The van der Waals surface area contributed by atoms with Crippen molar-refractivity contribution in [3.63, 3.8) is 0 Å². The lowest BCUT2D eigenvalue weighted by molar-refractivity contribution is -0.139. The summed E-state index contributed by atoms with van der Waals surface area (Å²) in [6.45, 7) is 3.55. The molecule has 2 aromatic rings. The first kappa shape index (κ1) is 23.5. The third-order valence-corrected chi connectivity index (χ3v) is 7.96. The summed E-state index contributed by atoms with van der Waals surface area (Å²) in [7, 11) is -8.67. The van der Waals surface area contributed by atoms with Gasteiger partial charge in [-0.15, -0.1) is 0 Å². The van der Waals surface area contributed by atoms with Gasteiger partial charge in [0.25, 0.3) is 10.0 Å². The molecule has 0 amide bonds. The first-order chi connectivity index (χ1) is 13.3. The third kappa shape index (κ3) is 5.03. The zero-order chi connectivity index (χ0) is 22.0. The number of hydrogen-bond donors (Lipinski definition) is 1. The van der Waals surface area contributed by atoms with Gasteiger partial charge in [-0.05, 0) is 30.3 Å². The van der Waals surface area contributed by atoms with Crippen LogP contribution in [0.2, 0.25) is 5.02 Å². The smallest absolute Gasteiger partial charge is 0.280 e. The van der Waals surface area contributed by atoms with Crippen LogP contribution in [0.4, 0.5) is 18.9 Å². The summed E-state index contributed by atoms with van der Waals surface area (Å²) in [5.41, 5.74) is -1.57. The van der Waals surface area contributed by atoms with E-state index in [1.165, 1.54) is 0 Å². The number of nitrogens with one attached hydrogen (secondary N) is 1. The van der Waals surface area contributed by atoms with Gasteiger partial charge in [-0.1, -0.05) is 37.6 Å². The fraction of sp³-hybridized carbons (Fsp3) is 0.294. The predicted octanol–water partition coefficient (Wildman–Crippen LogP) is 4.19. The van der Waals surface area contributed by atoms with Gasteiger partial charge < -0.3 is 0 Å². The monoisotopic (exact) mass is 470 g/mol. The van der Waals surface area contributed by atoms with Crippen LogP contribution in [0.5, 0.6) is 0 Å². The zero-order valence-corrected chi connectivity index (χ0v) is 17.8. The second-order valence-electron chi connectivity index (χ2n) is 5.83. The fourth-order valence-electron chi connectivity index (χ4n) is 2.61. The highest BCUT2D eigenvalue weighted by Crippen LogP contribution is 2.35. The molecular weight excluding hydrogens is 453 g/mol. The normalized spacial score (nSPS) is 12.9. The topological polar surface area (TPSA) is 83.6 Å². The van der Waals surface area contributed by atoms with Crippen LogP contribution in [0, 0.1) is 0 Å². The van der Waals surface area contributed by atoms with Crippen molar-refractivity contribution in [3.8, 4) is 0 Å². The van der Waals surface area contributed by atoms with Gasteiger partial charge in [-0.2, -0.15) is 17.5 Å². The van der Waals surface area contributed by atoms with Crippen LogP contribution >= 0.6 is 11.6 Å². The minimum Gasteiger partial charge on any atom is -0.280 e. The number of sulfonamides is 2. The molecule has 29 heavy (non-hydrogen) atoms. The van der Waals surface area contributed by atoms with Gasteiger partial charge in [-0.25, -0.2) is 16.8 Å². The number of benzene rings is 2. The van der Waals surface area contributed by atoms with Crippen molar-refractivity contribution in [2.75, 3.05) is 17.8 Å². The summed E-state index contributed by atoms with van der Waals surface area (Å²) in [4.78, 5) is -1.33. The van der Waals surface area contributed by atoms with Crippen molar-refractivity contribution in [2.45, 2.75) is 29.8 Å². The number of nitrogens with zero attached hydrogens (tertiary/aromatic N) is 1. The average molecular weight is 471 g/mol. The van der Waals surface area contributed by atoms with E-state index in [9.17, 15) is 30.0 Å². The van der Waals surface area contributed by atoms with E-state index in [2.05, 4.69) is 0 Å². The molecular formula is C17H18ClF3N2O4S2. The maximum Gasteiger partial charge on any atom is 0.417 e. The highest BCUT2D eigenvalue weighted by molar-refractivity contribution is 7.92.